The van der Waals surface area contributed by atoms with Crippen molar-refractivity contribution in [3.05, 3.63) is 0 Å². The zero-order chi connectivity index (χ0) is 13.3. The van der Waals surface area contributed by atoms with Gasteiger partial charge in [0.2, 0.25) is 0 Å². The van der Waals surface area contributed by atoms with Crippen molar-refractivity contribution in [1.82, 2.24) is 10.6 Å². The van der Waals surface area contributed by atoms with Gasteiger partial charge in [0.05, 0.1) is 12.6 Å². The Hall–Kier alpha value is -1.74. The molecule has 0 aliphatic rings. The number of methoxy groups -OCH3 is 1. The van der Waals surface area contributed by atoms with E-state index in [-0.39, 0.29) is 12.6 Å². The highest BCUT2D eigenvalue weighted by Crippen LogP contribution is 1.94. The molecule has 17 heavy (non-hydrogen) atoms. The van der Waals surface area contributed by atoms with Crippen LogP contribution >= 0.6 is 0 Å². The molecule has 6 heteroatoms. The molecule has 0 saturated carbocycles. The predicted molar refractivity (Wildman–Crippen MR) is 62.5 cm³/mol. The minimum atomic E-state index is -1.13. The van der Waals surface area contributed by atoms with Gasteiger partial charge in [0.1, 0.15) is 0 Å². The molecule has 96 valence electrons. The molecule has 0 aliphatic heterocycles. The van der Waals surface area contributed by atoms with E-state index in [1.54, 1.807) is 0 Å². The standard InChI is InChI=1S/C11H18N2O4/c1-4-6-8(5-2)13-11(16)12-7-9(17-3)10(14)15/h2,8-9H,4,6-7H2,1,3H3,(H,14,15)(H2,12,13,16). The van der Waals surface area contributed by atoms with Crippen LogP contribution in [0.1, 0.15) is 19.8 Å². The number of nitrogens with one attached hydrogen (secondary N) is 2. The summed E-state index contributed by atoms with van der Waals surface area (Å²) in [7, 11) is 1.26. The molecule has 0 rings (SSSR count). The third-order valence-electron chi connectivity index (χ3n) is 2.09. The largest absolute Gasteiger partial charge is 0.479 e. The lowest BCUT2D eigenvalue weighted by molar-refractivity contribution is -0.147. The van der Waals surface area contributed by atoms with E-state index >= 15 is 0 Å². The lowest BCUT2D eigenvalue weighted by atomic mass is 10.2. The van der Waals surface area contributed by atoms with Crippen molar-refractivity contribution in [3.8, 4) is 12.3 Å². The summed E-state index contributed by atoms with van der Waals surface area (Å²) in [5.74, 6) is 1.31. The van der Waals surface area contributed by atoms with Gasteiger partial charge in [-0.3, -0.25) is 0 Å². The van der Waals surface area contributed by atoms with Crippen molar-refractivity contribution in [2.24, 2.45) is 0 Å². The molecular weight excluding hydrogens is 224 g/mol. The molecule has 0 fully saturated rings. The second-order valence-corrected chi connectivity index (χ2v) is 3.42. The zero-order valence-electron chi connectivity index (χ0n) is 10.0. The number of terminal acetylenes is 1. The number of hydrogen-bond donors (Lipinski definition) is 3. The molecule has 0 radical (unpaired) electrons. The van der Waals surface area contributed by atoms with Crippen LogP contribution in [0.2, 0.25) is 0 Å². The van der Waals surface area contributed by atoms with Crippen molar-refractivity contribution in [3.63, 3.8) is 0 Å². The minimum Gasteiger partial charge on any atom is -0.479 e. The fourth-order valence-corrected chi connectivity index (χ4v) is 1.15. The summed E-state index contributed by atoms with van der Waals surface area (Å²) < 4.78 is 4.66. The lowest BCUT2D eigenvalue weighted by Gasteiger charge is -2.15. The maximum absolute atomic E-state index is 11.4. The fourth-order valence-electron chi connectivity index (χ4n) is 1.15. The Morgan fingerprint density at radius 3 is 2.59 bits per heavy atom. The molecule has 0 aromatic heterocycles. The summed E-state index contributed by atoms with van der Waals surface area (Å²) in [5.41, 5.74) is 0. The zero-order valence-corrected chi connectivity index (χ0v) is 10.0. The van der Waals surface area contributed by atoms with Gasteiger partial charge < -0.3 is 20.5 Å². The molecule has 0 aromatic carbocycles. The summed E-state index contributed by atoms with van der Waals surface area (Å²) in [6, 6.07) is -0.837. The van der Waals surface area contributed by atoms with Gasteiger partial charge >= 0.3 is 12.0 Å². The van der Waals surface area contributed by atoms with Gasteiger partial charge in [0.25, 0.3) is 0 Å². The van der Waals surface area contributed by atoms with Gasteiger partial charge in [-0.2, -0.15) is 0 Å². The minimum absolute atomic E-state index is 0.110. The van der Waals surface area contributed by atoms with Gasteiger partial charge in [0, 0.05) is 7.11 Å². The van der Waals surface area contributed by atoms with E-state index in [9.17, 15) is 9.59 Å². The number of carbonyl (C=O) groups is 2. The summed E-state index contributed by atoms with van der Waals surface area (Å²) in [6.07, 6.45) is 5.70. The van der Waals surface area contributed by atoms with Crippen LogP contribution in [0, 0.1) is 12.3 Å². The van der Waals surface area contributed by atoms with E-state index in [0.717, 1.165) is 6.42 Å². The molecule has 0 aromatic rings. The Balaban J connectivity index is 4.01. The molecule has 2 unspecified atom stereocenters. The Bertz CT molecular complexity index is 298. The van der Waals surface area contributed by atoms with E-state index in [1.165, 1.54) is 7.11 Å². The number of rotatable bonds is 7. The number of carboxylic acids is 1. The van der Waals surface area contributed by atoms with Crippen LogP contribution in [0.15, 0.2) is 0 Å². The molecule has 0 spiro atoms. The fraction of sp³-hybridized carbons (Fsp3) is 0.636. The summed E-state index contributed by atoms with van der Waals surface area (Å²) in [4.78, 5) is 22.0. The predicted octanol–water partition coefficient (Wildman–Crippen LogP) is 0.187. The Labute approximate surface area is 101 Å². The third-order valence-corrected chi connectivity index (χ3v) is 2.09. The summed E-state index contributed by atoms with van der Waals surface area (Å²) in [6.45, 7) is 1.84. The first-order valence-corrected chi connectivity index (χ1v) is 5.31. The van der Waals surface area contributed by atoms with Crippen LogP contribution in [-0.2, 0) is 9.53 Å². The molecular formula is C11H18N2O4. The van der Waals surface area contributed by atoms with E-state index in [4.69, 9.17) is 11.5 Å². The van der Waals surface area contributed by atoms with Crippen molar-refractivity contribution in [1.29, 1.82) is 0 Å². The number of carbonyl (C=O) groups excluding carboxylic acids is 1. The van der Waals surface area contributed by atoms with E-state index in [1.807, 2.05) is 6.92 Å². The van der Waals surface area contributed by atoms with Gasteiger partial charge in [-0.05, 0) is 6.42 Å². The number of amides is 2. The van der Waals surface area contributed by atoms with Crippen molar-refractivity contribution in [2.75, 3.05) is 13.7 Å². The van der Waals surface area contributed by atoms with Gasteiger partial charge in [-0.25, -0.2) is 9.59 Å². The van der Waals surface area contributed by atoms with Crippen molar-refractivity contribution < 1.29 is 19.4 Å². The average molecular weight is 242 g/mol. The van der Waals surface area contributed by atoms with E-state index < -0.39 is 18.1 Å². The highest BCUT2D eigenvalue weighted by molar-refractivity contribution is 5.77. The smallest absolute Gasteiger partial charge is 0.334 e. The van der Waals surface area contributed by atoms with Crippen molar-refractivity contribution in [2.45, 2.75) is 31.9 Å². The SMILES string of the molecule is C#CC(CCC)NC(=O)NCC(OC)C(=O)O. The van der Waals surface area contributed by atoms with Crippen LogP contribution in [-0.4, -0.2) is 42.9 Å². The monoisotopic (exact) mass is 242 g/mol. The van der Waals surface area contributed by atoms with Gasteiger partial charge in [0.15, 0.2) is 6.10 Å². The maximum atomic E-state index is 11.4. The number of aliphatic carboxylic acids is 1. The Morgan fingerprint density at radius 1 is 1.53 bits per heavy atom. The van der Waals surface area contributed by atoms with Gasteiger partial charge in [-0.1, -0.05) is 19.3 Å². The highest BCUT2D eigenvalue weighted by Gasteiger charge is 2.17. The number of hydrogen-bond acceptors (Lipinski definition) is 3. The van der Waals surface area contributed by atoms with Crippen LogP contribution in [0.5, 0.6) is 0 Å². The molecule has 2 amide bonds. The van der Waals surface area contributed by atoms with E-state index in [0.29, 0.717) is 6.42 Å². The van der Waals surface area contributed by atoms with Crippen molar-refractivity contribution >= 4 is 12.0 Å². The second kappa shape index (κ2) is 8.42. The van der Waals surface area contributed by atoms with Crippen LogP contribution in [0.4, 0.5) is 4.79 Å². The number of carboxylic acid groups (broad SMARTS) is 1. The Morgan fingerprint density at radius 2 is 2.18 bits per heavy atom. The van der Waals surface area contributed by atoms with E-state index in [2.05, 4.69) is 21.3 Å². The first-order valence-electron chi connectivity index (χ1n) is 5.31. The quantitative estimate of drug-likeness (QED) is 0.556. The molecule has 6 nitrogen and oxygen atoms in total. The molecule has 0 aliphatic carbocycles. The topological polar surface area (TPSA) is 87.7 Å². The second-order valence-electron chi connectivity index (χ2n) is 3.42. The summed E-state index contributed by atoms with van der Waals surface area (Å²) in [5, 5.41) is 13.6. The molecule has 3 N–H and O–H groups in total. The number of urea groups is 1. The molecule has 2 atom stereocenters. The number of ether oxygens (including phenoxy) is 1. The highest BCUT2D eigenvalue weighted by atomic mass is 16.5. The third kappa shape index (κ3) is 6.43. The first-order chi connectivity index (χ1) is 8.04. The van der Waals surface area contributed by atoms with Crippen LogP contribution in [0.25, 0.3) is 0 Å². The lowest BCUT2D eigenvalue weighted by Crippen LogP contribution is -2.45. The molecule has 0 heterocycles. The Kier molecular flexibility index (Phi) is 7.55. The van der Waals surface area contributed by atoms with Gasteiger partial charge in [-0.15, -0.1) is 6.42 Å². The van der Waals surface area contributed by atoms with Crippen LogP contribution < -0.4 is 10.6 Å². The van der Waals surface area contributed by atoms with Crippen LogP contribution in [0.3, 0.4) is 0 Å². The average Bonchev–Trinajstić information content (AvgIpc) is 2.28. The normalized spacial score (nSPS) is 13.2. The molecule has 0 saturated heterocycles. The molecule has 0 bridgehead atoms. The summed E-state index contributed by atoms with van der Waals surface area (Å²) >= 11 is 0. The first kappa shape index (κ1) is 15.3. The maximum Gasteiger partial charge on any atom is 0.334 e.